The molecule has 1 N–H and O–H groups in total. The van der Waals surface area contributed by atoms with Gasteiger partial charge >= 0.3 is 0 Å². The zero-order valence-electron chi connectivity index (χ0n) is 14.9. The van der Waals surface area contributed by atoms with Crippen LogP contribution in [0, 0.1) is 5.92 Å². The zero-order valence-corrected chi connectivity index (χ0v) is 14.9. The van der Waals surface area contributed by atoms with Gasteiger partial charge in [-0.3, -0.25) is 0 Å². The largest absolute Gasteiger partial charge is 0.493 e. The van der Waals surface area contributed by atoms with Crippen LogP contribution in [0.4, 0.5) is 5.95 Å². The molecule has 1 atom stereocenters. The molecule has 6 nitrogen and oxygen atoms in total. The molecule has 130 valence electrons. The van der Waals surface area contributed by atoms with Crippen molar-refractivity contribution in [3.05, 3.63) is 36.0 Å². The molecule has 0 amide bonds. The molecule has 1 aromatic heterocycles. The highest BCUT2D eigenvalue weighted by Crippen LogP contribution is 2.31. The maximum atomic E-state index is 5.79. The van der Waals surface area contributed by atoms with Crippen molar-refractivity contribution in [3.8, 4) is 17.4 Å². The molecule has 6 heteroatoms. The molecular weight excluding hydrogens is 306 g/mol. The predicted molar refractivity (Wildman–Crippen MR) is 93.9 cm³/mol. The first-order valence-corrected chi connectivity index (χ1v) is 7.97. The number of methoxy groups -OCH3 is 2. The number of ether oxygens (including phenoxy) is 3. The standard InChI is InChI=1S/C18H25N3O3/c1-12(2)11-24-15-7-6-14(10-16(15)22-4)13(3)20-18-19-9-8-17(21-18)23-5/h6-10,12-13H,11H2,1-5H3,(H,19,20,21). The van der Waals surface area contributed by atoms with Crippen molar-refractivity contribution in [1.29, 1.82) is 0 Å². The van der Waals surface area contributed by atoms with E-state index in [2.05, 4.69) is 29.1 Å². The average molecular weight is 331 g/mol. The highest BCUT2D eigenvalue weighted by Gasteiger charge is 2.12. The Balaban J connectivity index is 2.12. The van der Waals surface area contributed by atoms with Gasteiger partial charge in [-0.2, -0.15) is 4.98 Å². The molecule has 1 aromatic carbocycles. The van der Waals surface area contributed by atoms with Gasteiger partial charge in [0.1, 0.15) is 0 Å². The summed E-state index contributed by atoms with van der Waals surface area (Å²) in [4.78, 5) is 8.47. The van der Waals surface area contributed by atoms with Gasteiger partial charge in [-0.05, 0) is 30.5 Å². The lowest BCUT2D eigenvalue weighted by molar-refractivity contribution is 0.256. The lowest BCUT2D eigenvalue weighted by Crippen LogP contribution is -2.10. The van der Waals surface area contributed by atoms with Gasteiger partial charge in [0.15, 0.2) is 11.5 Å². The number of anilines is 1. The Labute approximate surface area is 143 Å². The molecule has 1 unspecified atom stereocenters. The molecular formula is C18H25N3O3. The highest BCUT2D eigenvalue weighted by atomic mass is 16.5. The topological polar surface area (TPSA) is 65.5 Å². The van der Waals surface area contributed by atoms with E-state index in [1.165, 1.54) is 0 Å². The first-order chi connectivity index (χ1) is 11.5. The van der Waals surface area contributed by atoms with Crippen LogP contribution < -0.4 is 19.5 Å². The Hall–Kier alpha value is -2.50. The molecule has 1 heterocycles. The van der Waals surface area contributed by atoms with E-state index in [1.807, 2.05) is 25.1 Å². The fourth-order valence-corrected chi connectivity index (χ4v) is 2.13. The summed E-state index contributed by atoms with van der Waals surface area (Å²) in [5.74, 6) is 2.96. The second-order valence-corrected chi connectivity index (χ2v) is 5.90. The summed E-state index contributed by atoms with van der Waals surface area (Å²) in [5, 5.41) is 3.26. The van der Waals surface area contributed by atoms with Crippen LogP contribution in [0.3, 0.4) is 0 Å². The SMILES string of the molecule is COc1ccnc(NC(C)c2ccc(OCC(C)C)c(OC)c2)n1. The minimum atomic E-state index is 0.00477. The lowest BCUT2D eigenvalue weighted by Gasteiger charge is -2.17. The van der Waals surface area contributed by atoms with Crippen LogP contribution in [0.2, 0.25) is 0 Å². The normalized spacial score (nSPS) is 11.9. The molecule has 0 bridgehead atoms. The summed E-state index contributed by atoms with van der Waals surface area (Å²) in [7, 11) is 3.22. The van der Waals surface area contributed by atoms with Crippen LogP contribution in [0.15, 0.2) is 30.5 Å². The van der Waals surface area contributed by atoms with E-state index in [-0.39, 0.29) is 6.04 Å². The fraction of sp³-hybridized carbons (Fsp3) is 0.444. The van der Waals surface area contributed by atoms with Crippen LogP contribution in [0.1, 0.15) is 32.4 Å². The van der Waals surface area contributed by atoms with Crippen molar-refractivity contribution in [1.82, 2.24) is 9.97 Å². The minimum absolute atomic E-state index is 0.00477. The average Bonchev–Trinajstić information content (AvgIpc) is 2.59. The minimum Gasteiger partial charge on any atom is -0.493 e. The number of rotatable bonds is 8. The van der Waals surface area contributed by atoms with Crippen LogP contribution in [0.5, 0.6) is 17.4 Å². The number of aromatic nitrogens is 2. The zero-order chi connectivity index (χ0) is 17.5. The van der Waals surface area contributed by atoms with Crippen molar-refractivity contribution < 1.29 is 14.2 Å². The maximum absolute atomic E-state index is 5.79. The molecule has 24 heavy (non-hydrogen) atoms. The van der Waals surface area contributed by atoms with Gasteiger partial charge in [0.05, 0.1) is 26.9 Å². The Kier molecular flexibility index (Phi) is 6.23. The summed E-state index contributed by atoms with van der Waals surface area (Å²) in [6, 6.07) is 7.62. The van der Waals surface area contributed by atoms with Crippen molar-refractivity contribution in [3.63, 3.8) is 0 Å². The van der Waals surface area contributed by atoms with Gasteiger partial charge in [0.2, 0.25) is 11.8 Å². The maximum Gasteiger partial charge on any atom is 0.226 e. The van der Waals surface area contributed by atoms with Crippen LogP contribution in [-0.4, -0.2) is 30.8 Å². The molecule has 2 rings (SSSR count). The molecule has 0 aliphatic rings. The molecule has 0 spiro atoms. The first-order valence-electron chi connectivity index (χ1n) is 7.97. The summed E-state index contributed by atoms with van der Waals surface area (Å²) in [6.45, 7) is 6.91. The third-order valence-electron chi connectivity index (χ3n) is 3.44. The van der Waals surface area contributed by atoms with Crippen LogP contribution in [0.25, 0.3) is 0 Å². The highest BCUT2D eigenvalue weighted by molar-refractivity contribution is 5.45. The number of nitrogens with zero attached hydrogens (tertiary/aromatic N) is 2. The molecule has 0 aliphatic heterocycles. The summed E-state index contributed by atoms with van der Waals surface area (Å²) in [5.41, 5.74) is 1.05. The van der Waals surface area contributed by atoms with Crippen molar-refractivity contribution >= 4 is 5.95 Å². The first kappa shape index (κ1) is 17.8. The van der Waals surface area contributed by atoms with Gasteiger partial charge in [-0.25, -0.2) is 4.98 Å². The van der Waals surface area contributed by atoms with E-state index >= 15 is 0 Å². The molecule has 0 saturated carbocycles. The number of hydrogen-bond acceptors (Lipinski definition) is 6. The smallest absolute Gasteiger partial charge is 0.226 e. The fourth-order valence-electron chi connectivity index (χ4n) is 2.13. The Bertz CT molecular complexity index is 662. The Morgan fingerprint density at radius 3 is 2.50 bits per heavy atom. The van der Waals surface area contributed by atoms with Gasteiger partial charge in [0.25, 0.3) is 0 Å². The van der Waals surface area contributed by atoms with E-state index in [1.54, 1.807) is 26.5 Å². The molecule has 0 aliphatic carbocycles. The summed E-state index contributed by atoms with van der Waals surface area (Å²) >= 11 is 0. The predicted octanol–water partition coefficient (Wildman–Crippen LogP) is 3.70. The second-order valence-electron chi connectivity index (χ2n) is 5.90. The molecule has 0 radical (unpaired) electrons. The van der Waals surface area contributed by atoms with Gasteiger partial charge in [-0.15, -0.1) is 0 Å². The van der Waals surface area contributed by atoms with E-state index in [9.17, 15) is 0 Å². The summed E-state index contributed by atoms with van der Waals surface area (Å²) in [6.07, 6.45) is 1.66. The molecule has 2 aromatic rings. The third kappa shape index (κ3) is 4.75. The molecule has 0 fully saturated rings. The Morgan fingerprint density at radius 2 is 1.83 bits per heavy atom. The molecule has 0 saturated heterocycles. The van der Waals surface area contributed by atoms with Crippen molar-refractivity contribution in [2.45, 2.75) is 26.8 Å². The van der Waals surface area contributed by atoms with Crippen molar-refractivity contribution in [2.24, 2.45) is 5.92 Å². The summed E-state index contributed by atoms with van der Waals surface area (Å²) < 4.78 is 16.4. The van der Waals surface area contributed by atoms with E-state index in [4.69, 9.17) is 14.2 Å². The Morgan fingerprint density at radius 1 is 1.04 bits per heavy atom. The van der Waals surface area contributed by atoms with Gasteiger partial charge < -0.3 is 19.5 Å². The number of benzene rings is 1. The van der Waals surface area contributed by atoms with Crippen LogP contribution in [-0.2, 0) is 0 Å². The number of hydrogen-bond donors (Lipinski definition) is 1. The van der Waals surface area contributed by atoms with Crippen molar-refractivity contribution in [2.75, 3.05) is 26.1 Å². The van der Waals surface area contributed by atoms with Gasteiger partial charge in [0, 0.05) is 12.3 Å². The number of nitrogens with one attached hydrogen (secondary N) is 1. The monoisotopic (exact) mass is 331 g/mol. The van der Waals surface area contributed by atoms with E-state index in [0.29, 0.717) is 30.1 Å². The van der Waals surface area contributed by atoms with Gasteiger partial charge in [-0.1, -0.05) is 19.9 Å². The van der Waals surface area contributed by atoms with E-state index < -0.39 is 0 Å². The third-order valence-corrected chi connectivity index (χ3v) is 3.44. The quantitative estimate of drug-likeness (QED) is 0.795. The lowest BCUT2D eigenvalue weighted by atomic mass is 10.1. The van der Waals surface area contributed by atoms with Crippen LogP contribution >= 0.6 is 0 Å². The second kappa shape index (κ2) is 8.38. The van der Waals surface area contributed by atoms with E-state index in [0.717, 1.165) is 11.3 Å².